The van der Waals surface area contributed by atoms with Crippen LogP contribution >= 0.6 is 0 Å². The highest BCUT2D eigenvalue weighted by atomic mass is 16.1. The molecule has 2 atom stereocenters. The number of amides is 1. The molecule has 0 bridgehead atoms. The van der Waals surface area contributed by atoms with Crippen LogP contribution in [0, 0.1) is 5.92 Å². The Hall–Kier alpha value is -0.570. The molecule has 1 aliphatic heterocycles. The van der Waals surface area contributed by atoms with Crippen LogP contribution in [0.4, 0.5) is 0 Å². The van der Waals surface area contributed by atoms with Crippen LogP contribution in [0.5, 0.6) is 0 Å². The molecule has 12 heavy (non-hydrogen) atoms. The van der Waals surface area contributed by atoms with Crippen molar-refractivity contribution in [2.45, 2.75) is 38.6 Å². The maximum absolute atomic E-state index is 10.9. The molecule has 1 rings (SSSR count). The van der Waals surface area contributed by atoms with Gasteiger partial charge in [0.1, 0.15) is 0 Å². The van der Waals surface area contributed by atoms with E-state index >= 15 is 0 Å². The molecule has 0 aromatic heterocycles. The lowest BCUT2D eigenvalue weighted by atomic mass is 9.97. The number of primary amides is 1. The Morgan fingerprint density at radius 1 is 1.50 bits per heavy atom. The summed E-state index contributed by atoms with van der Waals surface area (Å²) in [6, 6.07) is 0.310. The number of hydrogen-bond donors (Lipinski definition) is 2. The topological polar surface area (TPSA) is 55.1 Å². The fourth-order valence-electron chi connectivity index (χ4n) is 1.68. The molecule has 0 aliphatic carbocycles. The van der Waals surface area contributed by atoms with Crippen LogP contribution < -0.4 is 11.1 Å². The van der Waals surface area contributed by atoms with Gasteiger partial charge in [0.2, 0.25) is 5.91 Å². The van der Waals surface area contributed by atoms with Gasteiger partial charge in [0.15, 0.2) is 0 Å². The Balaban J connectivity index is 2.42. The van der Waals surface area contributed by atoms with E-state index in [1.807, 2.05) is 6.92 Å². The van der Waals surface area contributed by atoms with Gasteiger partial charge in [-0.15, -0.1) is 0 Å². The number of carbonyl (C=O) groups excluding carboxylic acids is 1. The van der Waals surface area contributed by atoms with E-state index in [-0.39, 0.29) is 11.8 Å². The standard InChI is InChI=1S/C9H18N2O/c1-7(9(10)12)8-5-3-2-4-6-11-8/h7-8,11H,2-6H2,1H3,(H2,10,12). The Labute approximate surface area is 73.7 Å². The van der Waals surface area contributed by atoms with Gasteiger partial charge in [0.05, 0.1) is 5.92 Å². The molecule has 0 spiro atoms. The molecule has 1 amide bonds. The lowest BCUT2D eigenvalue weighted by Crippen LogP contribution is -2.40. The lowest BCUT2D eigenvalue weighted by molar-refractivity contribution is -0.122. The molecule has 0 radical (unpaired) electrons. The van der Waals surface area contributed by atoms with Crippen molar-refractivity contribution in [1.82, 2.24) is 5.32 Å². The quantitative estimate of drug-likeness (QED) is 0.639. The van der Waals surface area contributed by atoms with Gasteiger partial charge in [-0.1, -0.05) is 19.8 Å². The van der Waals surface area contributed by atoms with Gasteiger partial charge in [-0.3, -0.25) is 4.79 Å². The van der Waals surface area contributed by atoms with E-state index in [0.717, 1.165) is 13.0 Å². The fourth-order valence-corrected chi connectivity index (χ4v) is 1.68. The average molecular weight is 170 g/mol. The molecule has 3 heteroatoms. The second-order valence-corrected chi connectivity index (χ2v) is 3.60. The number of carbonyl (C=O) groups is 1. The normalized spacial score (nSPS) is 27.6. The predicted octanol–water partition coefficient (Wildman–Crippen LogP) is 0.640. The summed E-state index contributed by atoms with van der Waals surface area (Å²) >= 11 is 0. The summed E-state index contributed by atoms with van der Waals surface area (Å²) in [5.74, 6) is -0.211. The average Bonchev–Trinajstić information content (AvgIpc) is 2.30. The zero-order valence-electron chi connectivity index (χ0n) is 7.68. The first-order valence-electron chi connectivity index (χ1n) is 4.74. The highest BCUT2D eigenvalue weighted by Gasteiger charge is 2.21. The van der Waals surface area contributed by atoms with Crippen LogP contribution in [0.1, 0.15) is 32.6 Å². The molecule has 70 valence electrons. The molecule has 1 heterocycles. The van der Waals surface area contributed by atoms with Crippen LogP contribution in [0.15, 0.2) is 0 Å². The first-order chi connectivity index (χ1) is 5.72. The van der Waals surface area contributed by atoms with Gasteiger partial charge in [-0.05, 0) is 19.4 Å². The molecule has 3 nitrogen and oxygen atoms in total. The summed E-state index contributed by atoms with van der Waals surface area (Å²) in [5.41, 5.74) is 5.24. The van der Waals surface area contributed by atoms with Crippen LogP contribution in [-0.4, -0.2) is 18.5 Å². The second-order valence-electron chi connectivity index (χ2n) is 3.60. The minimum atomic E-state index is -0.186. The number of nitrogens with two attached hydrogens (primary N) is 1. The van der Waals surface area contributed by atoms with E-state index in [0.29, 0.717) is 6.04 Å². The molecule has 2 unspecified atom stereocenters. The van der Waals surface area contributed by atoms with Crippen molar-refractivity contribution in [3.63, 3.8) is 0 Å². The summed E-state index contributed by atoms with van der Waals surface area (Å²) in [7, 11) is 0. The third-order valence-corrected chi connectivity index (χ3v) is 2.65. The van der Waals surface area contributed by atoms with Crippen molar-refractivity contribution in [2.24, 2.45) is 11.7 Å². The third kappa shape index (κ3) is 2.48. The zero-order valence-corrected chi connectivity index (χ0v) is 7.68. The van der Waals surface area contributed by atoms with Gasteiger partial charge >= 0.3 is 0 Å². The zero-order chi connectivity index (χ0) is 8.97. The number of nitrogens with one attached hydrogen (secondary N) is 1. The Morgan fingerprint density at radius 3 is 2.92 bits per heavy atom. The maximum Gasteiger partial charge on any atom is 0.221 e. The summed E-state index contributed by atoms with van der Waals surface area (Å²) in [6.07, 6.45) is 4.80. The molecule has 1 saturated heterocycles. The van der Waals surface area contributed by atoms with E-state index in [1.54, 1.807) is 0 Å². The molecule has 0 aromatic rings. The van der Waals surface area contributed by atoms with Crippen LogP contribution in [-0.2, 0) is 4.79 Å². The summed E-state index contributed by atoms with van der Waals surface area (Å²) in [5, 5.41) is 3.36. The molecular formula is C9H18N2O. The summed E-state index contributed by atoms with van der Waals surface area (Å²) < 4.78 is 0. The van der Waals surface area contributed by atoms with Crippen LogP contribution in [0.2, 0.25) is 0 Å². The molecule has 0 aromatic carbocycles. The van der Waals surface area contributed by atoms with E-state index in [1.165, 1.54) is 19.3 Å². The largest absolute Gasteiger partial charge is 0.369 e. The van der Waals surface area contributed by atoms with Gasteiger partial charge in [0.25, 0.3) is 0 Å². The SMILES string of the molecule is CC(C(N)=O)C1CCCCCN1. The lowest BCUT2D eigenvalue weighted by Gasteiger charge is -2.20. The first kappa shape index (κ1) is 9.52. The molecular weight excluding hydrogens is 152 g/mol. The van der Waals surface area contributed by atoms with Gasteiger partial charge in [-0.25, -0.2) is 0 Å². The molecule has 3 N–H and O–H groups in total. The summed E-state index contributed by atoms with van der Waals surface area (Å²) in [6.45, 7) is 2.94. The van der Waals surface area contributed by atoms with E-state index in [2.05, 4.69) is 5.32 Å². The van der Waals surface area contributed by atoms with Gasteiger partial charge < -0.3 is 11.1 Å². The van der Waals surface area contributed by atoms with Crippen molar-refractivity contribution < 1.29 is 4.79 Å². The Kier molecular flexibility index (Phi) is 3.53. The third-order valence-electron chi connectivity index (χ3n) is 2.65. The number of hydrogen-bond acceptors (Lipinski definition) is 2. The maximum atomic E-state index is 10.9. The molecule has 1 aliphatic rings. The summed E-state index contributed by atoms with van der Waals surface area (Å²) in [4.78, 5) is 10.9. The highest BCUT2D eigenvalue weighted by molar-refractivity contribution is 5.76. The van der Waals surface area contributed by atoms with Crippen molar-refractivity contribution >= 4 is 5.91 Å². The van der Waals surface area contributed by atoms with Crippen LogP contribution in [0.3, 0.4) is 0 Å². The monoisotopic (exact) mass is 170 g/mol. The van der Waals surface area contributed by atoms with E-state index in [4.69, 9.17) is 5.73 Å². The van der Waals surface area contributed by atoms with Crippen molar-refractivity contribution in [1.29, 1.82) is 0 Å². The van der Waals surface area contributed by atoms with Gasteiger partial charge in [0, 0.05) is 6.04 Å². The van der Waals surface area contributed by atoms with Crippen molar-refractivity contribution in [3.8, 4) is 0 Å². The van der Waals surface area contributed by atoms with Crippen molar-refractivity contribution in [2.75, 3.05) is 6.54 Å². The predicted molar refractivity (Wildman–Crippen MR) is 48.6 cm³/mol. The second kappa shape index (κ2) is 4.45. The first-order valence-corrected chi connectivity index (χ1v) is 4.74. The molecule has 1 fully saturated rings. The van der Waals surface area contributed by atoms with Gasteiger partial charge in [-0.2, -0.15) is 0 Å². The molecule has 0 saturated carbocycles. The smallest absolute Gasteiger partial charge is 0.221 e. The minimum absolute atomic E-state index is 0.0249. The van der Waals surface area contributed by atoms with Crippen molar-refractivity contribution in [3.05, 3.63) is 0 Å². The van der Waals surface area contributed by atoms with Crippen LogP contribution in [0.25, 0.3) is 0 Å². The minimum Gasteiger partial charge on any atom is -0.369 e. The highest BCUT2D eigenvalue weighted by Crippen LogP contribution is 2.14. The Morgan fingerprint density at radius 2 is 2.25 bits per heavy atom. The van der Waals surface area contributed by atoms with E-state index in [9.17, 15) is 4.79 Å². The number of rotatable bonds is 2. The van der Waals surface area contributed by atoms with E-state index < -0.39 is 0 Å². The Bertz CT molecular complexity index is 151. The fraction of sp³-hybridized carbons (Fsp3) is 0.889.